The lowest BCUT2D eigenvalue weighted by Crippen LogP contribution is -2.38. The van der Waals surface area contributed by atoms with E-state index in [0.29, 0.717) is 33.3 Å². The zero-order valence-corrected chi connectivity index (χ0v) is 18.8. The maximum Gasteiger partial charge on any atom is 0.270 e. The van der Waals surface area contributed by atoms with Crippen LogP contribution in [0.2, 0.25) is 0 Å². The Labute approximate surface area is 188 Å². The molecule has 3 aromatic rings. The molecular formula is C22H19FN2O5S2. The summed E-state index contributed by atoms with van der Waals surface area (Å²) in [6, 6.07) is 12.1. The largest absolute Gasteiger partial charge is 0.493 e. The van der Waals surface area contributed by atoms with E-state index < -0.39 is 21.6 Å². The van der Waals surface area contributed by atoms with E-state index in [-0.39, 0.29) is 11.4 Å². The lowest BCUT2D eigenvalue weighted by molar-refractivity contribution is 0.104. The molecule has 166 valence electrons. The highest BCUT2D eigenvalue weighted by atomic mass is 32.2. The average Bonchev–Trinajstić information content (AvgIpc) is 3.27. The number of anilines is 2. The minimum absolute atomic E-state index is 0.0344. The number of fused-ring (bicyclic) bond motifs is 1. The highest BCUT2D eigenvalue weighted by molar-refractivity contribution is 7.97. The van der Waals surface area contributed by atoms with Gasteiger partial charge in [-0.2, -0.15) is 0 Å². The number of benzene rings is 2. The van der Waals surface area contributed by atoms with Crippen molar-refractivity contribution in [3.05, 3.63) is 81.3 Å². The summed E-state index contributed by atoms with van der Waals surface area (Å²) in [5, 5.41) is 4.54. The Morgan fingerprint density at radius 1 is 1.06 bits per heavy atom. The van der Waals surface area contributed by atoms with Gasteiger partial charge in [-0.05, 0) is 41.3 Å². The van der Waals surface area contributed by atoms with Crippen LogP contribution in [-0.2, 0) is 16.6 Å². The van der Waals surface area contributed by atoms with E-state index in [0.717, 1.165) is 4.31 Å². The molecule has 0 spiro atoms. The van der Waals surface area contributed by atoms with Crippen LogP contribution in [0.4, 0.5) is 15.8 Å². The molecule has 32 heavy (non-hydrogen) atoms. The summed E-state index contributed by atoms with van der Waals surface area (Å²) in [5.41, 5.74) is 1.42. The number of ether oxygens (including phenoxy) is 2. The van der Waals surface area contributed by atoms with E-state index in [9.17, 15) is 17.6 Å². The van der Waals surface area contributed by atoms with Gasteiger partial charge in [-0.15, -0.1) is 11.3 Å². The summed E-state index contributed by atoms with van der Waals surface area (Å²) in [7, 11) is -1.17. The Bertz CT molecular complexity index is 1300. The van der Waals surface area contributed by atoms with Gasteiger partial charge in [0.1, 0.15) is 10.7 Å². The first kappa shape index (κ1) is 21.8. The number of carbonyl (C=O) groups excluding carboxylic acids is 1. The van der Waals surface area contributed by atoms with E-state index >= 15 is 0 Å². The highest BCUT2D eigenvalue weighted by Crippen LogP contribution is 2.39. The molecule has 0 saturated carbocycles. The molecule has 0 amide bonds. The van der Waals surface area contributed by atoms with Gasteiger partial charge in [0.05, 0.1) is 26.5 Å². The molecule has 0 radical (unpaired) electrons. The fourth-order valence-corrected chi connectivity index (χ4v) is 5.77. The highest BCUT2D eigenvalue weighted by Gasteiger charge is 2.41. The Kier molecular flexibility index (Phi) is 5.90. The number of thiophene rings is 1. The van der Waals surface area contributed by atoms with Gasteiger partial charge in [-0.25, -0.2) is 12.8 Å². The number of hydrogen-bond acceptors (Lipinski definition) is 7. The number of nitrogens with zero attached hydrogens (tertiary/aromatic N) is 1. The number of carbonyl (C=O) groups is 1. The maximum absolute atomic E-state index is 13.4. The Balaban J connectivity index is 1.71. The second-order valence-electron chi connectivity index (χ2n) is 6.82. The summed E-state index contributed by atoms with van der Waals surface area (Å²) in [5.74, 6) is -0.0346. The van der Waals surface area contributed by atoms with Crippen molar-refractivity contribution in [3.8, 4) is 11.5 Å². The minimum atomic E-state index is -4.16. The lowest BCUT2D eigenvalue weighted by atomic mass is 10.2. The first-order valence-electron chi connectivity index (χ1n) is 9.43. The van der Waals surface area contributed by atoms with Gasteiger partial charge in [0.15, 0.2) is 16.4 Å². The molecule has 1 aliphatic heterocycles. The third kappa shape index (κ3) is 3.94. The molecule has 1 N–H and O–H groups in total. The Morgan fingerprint density at radius 2 is 1.78 bits per heavy atom. The van der Waals surface area contributed by atoms with Gasteiger partial charge < -0.3 is 14.8 Å². The number of hydrogen-bond donors (Lipinski definition) is 1. The number of halogens is 1. The summed E-state index contributed by atoms with van der Waals surface area (Å²) in [4.78, 5) is 12.9. The van der Waals surface area contributed by atoms with Gasteiger partial charge >= 0.3 is 0 Å². The van der Waals surface area contributed by atoms with Crippen molar-refractivity contribution in [2.45, 2.75) is 6.54 Å². The van der Waals surface area contributed by atoms with Gasteiger partial charge in [0.2, 0.25) is 5.78 Å². The number of methoxy groups -OCH3 is 2. The number of sulfonamides is 1. The second-order valence-corrected chi connectivity index (χ2v) is 9.57. The molecule has 7 nitrogen and oxygen atoms in total. The van der Waals surface area contributed by atoms with Gasteiger partial charge in [-0.3, -0.25) is 9.10 Å². The monoisotopic (exact) mass is 474 g/mol. The molecule has 0 unspecified atom stereocenters. The fraction of sp³-hybridized carbons (Fsp3) is 0.136. The molecular weight excluding hydrogens is 455 g/mol. The van der Waals surface area contributed by atoms with Crippen LogP contribution in [0.25, 0.3) is 0 Å². The standard InChI is InChI=1S/C22H19FN2O5S2/c1-29-18-8-7-16(11-19(18)30-2)24-12-20-21(26)22-17(9-10-31-22)25(32(20,27)28)13-14-3-5-15(23)6-4-14/h3-12,24H,13H2,1-2H3/b20-12-. The SMILES string of the molecule is COc1ccc(N/C=C2/C(=O)c3sccc3N(Cc3ccc(F)cc3)S2(=O)=O)cc1OC. The van der Waals surface area contributed by atoms with Crippen LogP contribution in [0.15, 0.2) is 65.0 Å². The van der Waals surface area contributed by atoms with Crippen LogP contribution >= 0.6 is 11.3 Å². The predicted octanol–water partition coefficient (Wildman–Crippen LogP) is 4.39. The van der Waals surface area contributed by atoms with Crippen molar-refractivity contribution >= 4 is 38.5 Å². The maximum atomic E-state index is 13.4. The molecule has 0 atom stereocenters. The minimum Gasteiger partial charge on any atom is -0.493 e. The number of allylic oxidation sites excluding steroid dienone is 1. The van der Waals surface area contributed by atoms with Crippen molar-refractivity contribution in [2.24, 2.45) is 0 Å². The topological polar surface area (TPSA) is 84.9 Å². The van der Waals surface area contributed by atoms with E-state index in [1.54, 1.807) is 29.6 Å². The molecule has 0 fully saturated rings. The average molecular weight is 475 g/mol. The zero-order chi connectivity index (χ0) is 22.9. The molecule has 1 aromatic heterocycles. The lowest BCUT2D eigenvalue weighted by Gasteiger charge is -2.29. The van der Waals surface area contributed by atoms with Crippen molar-refractivity contribution in [2.75, 3.05) is 23.8 Å². The Hall–Kier alpha value is -3.37. The van der Waals surface area contributed by atoms with Crippen LogP contribution in [0.1, 0.15) is 15.2 Å². The molecule has 2 heterocycles. The number of rotatable bonds is 6. The molecule has 2 aromatic carbocycles. The second kappa shape index (κ2) is 8.64. The number of ketones is 1. The zero-order valence-electron chi connectivity index (χ0n) is 17.2. The number of nitrogens with one attached hydrogen (secondary N) is 1. The van der Waals surface area contributed by atoms with E-state index in [4.69, 9.17) is 9.47 Å². The van der Waals surface area contributed by atoms with Crippen molar-refractivity contribution in [1.82, 2.24) is 0 Å². The summed E-state index contributed by atoms with van der Waals surface area (Å²) in [6.07, 6.45) is 1.18. The predicted molar refractivity (Wildman–Crippen MR) is 121 cm³/mol. The van der Waals surface area contributed by atoms with Crippen molar-refractivity contribution in [3.63, 3.8) is 0 Å². The van der Waals surface area contributed by atoms with Gasteiger partial charge in [0.25, 0.3) is 10.0 Å². The summed E-state index contributed by atoms with van der Waals surface area (Å²) < 4.78 is 51.7. The Morgan fingerprint density at radius 3 is 2.47 bits per heavy atom. The third-order valence-corrected chi connectivity index (χ3v) is 7.57. The summed E-state index contributed by atoms with van der Waals surface area (Å²) >= 11 is 1.17. The molecule has 0 aliphatic carbocycles. The van der Waals surface area contributed by atoms with Crippen LogP contribution in [-0.4, -0.2) is 28.4 Å². The molecule has 4 rings (SSSR count). The normalized spacial score (nSPS) is 16.0. The fourth-order valence-electron chi connectivity index (χ4n) is 3.29. The first-order chi connectivity index (χ1) is 15.3. The number of Topliss-reactive ketones (excluding diaryl/α,β-unsaturated/α-hetero) is 1. The van der Waals surface area contributed by atoms with Crippen LogP contribution < -0.4 is 19.1 Å². The smallest absolute Gasteiger partial charge is 0.270 e. The van der Waals surface area contributed by atoms with Crippen LogP contribution in [0.3, 0.4) is 0 Å². The van der Waals surface area contributed by atoms with E-state index in [1.165, 1.54) is 56.0 Å². The van der Waals surface area contributed by atoms with Crippen molar-refractivity contribution < 1.29 is 27.1 Å². The van der Waals surface area contributed by atoms with Crippen LogP contribution in [0, 0.1) is 5.82 Å². The first-order valence-corrected chi connectivity index (χ1v) is 11.7. The van der Waals surface area contributed by atoms with Crippen molar-refractivity contribution in [1.29, 1.82) is 0 Å². The molecule has 1 aliphatic rings. The van der Waals surface area contributed by atoms with E-state index in [1.807, 2.05) is 0 Å². The quantitative estimate of drug-likeness (QED) is 0.534. The van der Waals surface area contributed by atoms with Gasteiger partial charge in [-0.1, -0.05) is 12.1 Å². The molecule has 0 saturated heterocycles. The van der Waals surface area contributed by atoms with E-state index in [2.05, 4.69) is 5.32 Å². The molecule has 10 heteroatoms. The van der Waals surface area contributed by atoms with Gasteiger partial charge in [0, 0.05) is 18.0 Å². The third-order valence-electron chi connectivity index (χ3n) is 4.90. The summed E-state index contributed by atoms with van der Waals surface area (Å²) in [6.45, 7) is -0.0344. The molecule has 0 bridgehead atoms. The van der Waals surface area contributed by atoms with Crippen LogP contribution in [0.5, 0.6) is 11.5 Å².